The largest absolute Gasteiger partial charge is 0.756 e. The summed E-state index contributed by atoms with van der Waals surface area (Å²) in [6.07, 6.45) is 77.8. The standard InChI is InChI=1S/C64H115N2O6P/c1-6-8-10-12-14-16-18-20-22-24-26-28-29-30-31-32-33-34-35-36-37-38-40-42-44-46-48-50-52-54-56-58-64(68)65-62(61-72-73(69,70)71-60-59-66(3,4)5)63(67)57-55-53-51-49-47-45-43-41-39-27-25-23-21-19-17-15-13-11-9-7-2/h8,10,14,16,20,22,26,28,30-31,39,41,47,49,55,57,62-63,67H,6-7,9,11-13,15,17-19,21,23-25,27,29,32-38,40,42-46,48,50-54,56,58-61H2,1-5H3,(H-,65,68,69,70)/b10-8-,16-14-,22-20-,28-26-,31-30-,41-39+,49-47+,57-55+. The zero-order valence-electron chi connectivity index (χ0n) is 48.1. The smallest absolute Gasteiger partial charge is 0.268 e. The average molecular weight is 1040 g/mol. The molecule has 0 aliphatic heterocycles. The Kier molecular flexibility index (Phi) is 52.3. The molecule has 0 saturated heterocycles. The summed E-state index contributed by atoms with van der Waals surface area (Å²) < 4.78 is 23.3. The first-order chi connectivity index (χ1) is 35.5. The predicted molar refractivity (Wildman–Crippen MR) is 316 cm³/mol. The van der Waals surface area contributed by atoms with Crippen molar-refractivity contribution in [2.24, 2.45) is 0 Å². The fourth-order valence-electron chi connectivity index (χ4n) is 8.33. The van der Waals surface area contributed by atoms with Gasteiger partial charge in [0.2, 0.25) is 5.91 Å². The summed E-state index contributed by atoms with van der Waals surface area (Å²) in [5.74, 6) is -0.213. The van der Waals surface area contributed by atoms with Crippen molar-refractivity contribution in [2.75, 3.05) is 40.9 Å². The molecule has 0 radical (unpaired) electrons. The van der Waals surface area contributed by atoms with Crippen molar-refractivity contribution in [2.45, 2.75) is 264 Å². The summed E-state index contributed by atoms with van der Waals surface area (Å²) in [5, 5.41) is 13.9. The van der Waals surface area contributed by atoms with Crippen LogP contribution in [0, 0.1) is 0 Å². The van der Waals surface area contributed by atoms with Gasteiger partial charge in [-0.1, -0.05) is 252 Å². The van der Waals surface area contributed by atoms with Gasteiger partial charge in [0.1, 0.15) is 13.2 Å². The molecule has 3 atom stereocenters. The molecule has 1 amide bonds. The number of phosphoric acid groups is 1. The number of carbonyl (C=O) groups excluding carboxylic acids is 1. The van der Waals surface area contributed by atoms with Crippen molar-refractivity contribution in [3.8, 4) is 0 Å². The maximum absolute atomic E-state index is 13.0. The van der Waals surface area contributed by atoms with Crippen LogP contribution >= 0.6 is 7.82 Å². The summed E-state index contributed by atoms with van der Waals surface area (Å²) in [6, 6.07) is -0.915. The summed E-state index contributed by atoms with van der Waals surface area (Å²) in [4.78, 5) is 25.5. The second kappa shape index (κ2) is 54.2. The van der Waals surface area contributed by atoms with Crippen LogP contribution in [0.4, 0.5) is 0 Å². The maximum atomic E-state index is 13.0. The third kappa shape index (κ3) is 57.0. The number of allylic oxidation sites excluding steroid dienone is 15. The lowest BCUT2D eigenvalue weighted by atomic mass is 10.0. The van der Waals surface area contributed by atoms with Crippen LogP contribution in [0.5, 0.6) is 0 Å². The fraction of sp³-hybridized carbons (Fsp3) is 0.734. The lowest BCUT2D eigenvalue weighted by Gasteiger charge is -2.29. The van der Waals surface area contributed by atoms with Crippen molar-refractivity contribution in [3.05, 3.63) is 97.2 Å². The number of nitrogens with one attached hydrogen (secondary N) is 1. The Hall–Kier alpha value is -2.58. The first-order valence-electron chi connectivity index (χ1n) is 30.1. The van der Waals surface area contributed by atoms with Gasteiger partial charge in [-0.05, 0) is 89.9 Å². The Bertz CT molecular complexity index is 1510. The Balaban J connectivity index is 4.20. The average Bonchev–Trinajstić information content (AvgIpc) is 3.35. The van der Waals surface area contributed by atoms with Crippen molar-refractivity contribution >= 4 is 13.7 Å². The Labute approximate surface area is 451 Å². The molecule has 2 N–H and O–H groups in total. The van der Waals surface area contributed by atoms with Crippen molar-refractivity contribution in [1.29, 1.82) is 0 Å². The van der Waals surface area contributed by atoms with Crippen molar-refractivity contribution in [3.63, 3.8) is 0 Å². The molecule has 0 aliphatic rings. The van der Waals surface area contributed by atoms with E-state index in [4.69, 9.17) is 9.05 Å². The predicted octanol–water partition coefficient (Wildman–Crippen LogP) is 18.0. The van der Waals surface area contributed by atoms with Crippen LogP contribution in [-0.2, 0) is 18.4 Å². The summed E-state index contributed by atoms with van der Waals surface area (Å²) in [7, 11) is 1.23. The number of amides is 1. The van der Waals surface area contributed by atoms with Crippen LogP contribution in [0.1, 0.15) is 251 Å². The Morgan fingerprint density at radius 3 is 1.27 bits per heavy atom. The number of likely N-dealkylation sites (N-methyl/N-ethyl adjacent to an activating group) is 1. The number of hydrogen-bond acceptors (Lipinski definition) is 6. The lowest BCUT2D eigenvalue weighted by molar-refractivity contribution is -0.870. The zero-order valence-corrected chi connectivity index (χ0v) is 49.0. The second-order valence-corrected chi connectivity index (χ2v) is 22.7. The van der Waals surface area contributed by atoms with E-state index in [9.17, 15) is 19.4 Å². The van der Waals surface area contributed by atoms with E-state index in [1.54, 1.807) is 6.08 Å². The van der Waals surface area contributed by atoms with Gasteiger partial charge in [0.05, 0.1) is 39.9 Å². The van der Waals surface area contributed by atoms with E-state index in [2.05, 4.69) is 104 Å². The molecule has 0 aromatic heterocycles. The Morgan fingerprint density at radius 1 is 0.493 bits per heavy atom. The third-order valence-corrected chi connectivity index (χ3v) is 14.0. The lowest BCUT2D eigenvalue weighted by Crippen LogP contribution is -2.45. The van der Waals surface area contributed by atoms with E-state index in [1.165, 1.54) is 154 Å². The van der Waals surface area contributed by atoms with E-state index in [1.807, 2.05) is 27.2 Å². The van der Waals surface area contributed by atoms with Crippen molar-refractivity contribution in [1.82, 2.24) is 5.32 Å². The minimum atomic E-state index is -4.61. The topological polar surface area (TPSA) is 108 Å². The van der Waals surface area contributed by atoms with Gasteiger partial charge < -0.3 is 28.8 Å². The molecule has 0 bridgehead atoms. The van der Waals surface area contributed by atoms with Crippen LogP contribution in [0.2, 0.25) is 0 Å². The van der Waals surface area contributed by atoms with Crippen LogP contribution in [-0.4, -0.2) is 68.5 Å². The van der Waals surface area contributed by atoms with Crippen LogP contribution in [0.25, 0.3) is 0 Å². The number of quaternary nitrogens is 1. The molecule has 0 spiro atoms. The first kappa shape index (κ1) is 70.4. The highest BCUT2D eigenvalue weighted by atomic mass is 31.2. The number of hydrogen-bond donors (Lipinski definition) is 2. The molecular formula is C64H115N2O6P. The van der Waals surface area contributed by atoms with E-state index < -0.39 is 26.6 Å². The molecule has 9 heteroatoms. The second-order valence-electron chi connectivity index (χ2n) is 21.3. The highest BCUT2D eigenvalue weighted by molar-refractivity contribution is 7.45. The molecule has 422 valence electrons. The number of carbonyl (C=O) groups is 1. The van der Waals surface area contributed by atoms with E-state index >= 15 is 0 Å². The molecule has 0 aliphatic carbocycles. The summed E-state index contributed by atoms with van der Waals surface area (Å²) in [5.41, 5.74) is 0. The van der Waals surface area contributed by atoms with Crippen LogP contribution in [0.3, 0.4) is 0 Å². The van der Waals surface area contributed by atoms with E-state index in [0.29, 0.717) is 17.4 Å². The number of rotatable bonds is 54. The number of aliphatic hydroxyl groups excluding tert-OH is 1. The molecule has 8 nitrogen and oxygen atoms in total. The quantitative estimate of drug-likeness (QED) is 0.0272. The monoisotopic (exact) mass is 1040 g/mol. The maximum Gasteiger partial charge on any atom is 0.268 e. The molecule has 3 unspecified atom stereocenters. The van der Waals surface area contributed by atoms with Crippen molar-refractivity contribution < 1.29 is 32.9 Å². The van der Waals surface area contributed by atoms with E-state index in [-0.39, 0.29) is 12.5 Å². The van der Waals surface area contributed by atoms with Gasteiger partial charge in [0.25, 0.3) is 7.82 Å². The minimum absolute atomic E-state index is 0.0123. The minimum Gasteiger partial charge on any atom is -0.756 e. The van der Waals surface area contributed by atoms with Crippen LogP contribution < -0.4 is 10.2 Å². The SMILES string of the molecule is CC/C=C\C/C=C\C/C=C\C/C=C\C/C=C\CCCCCCCCCCCCCCCCCC(=O)NC(COP(=O)([O-])OCC[N+](C)(C)C)C(O)/C=C/CC/C=C/CC/C=C/CCCCCCCCCCCC. The summed E-state index contributed by atoms with van der Waals surface area (Å²) >= 11 is 0. The third-order valence-electron chi connectivity index (χ3n) is 13.0. The molecule has 0 rings (SSSR count). The summed E-state index contributed by atoms with van der Waals surface area (Å²) in [6.45, 7) is 4.51. The molecule has 0 aromatic carbocycles. The molecule has 73 heavy (non-hydrogen) atoms. The van der Waals surface area contributed by atoms with E-state index in [0.717, 1.165) is 77.0 Å². The number of aliphatic hydroxyl groups is 1. The fourth-order valence-corrected chi connectivity index (χ4v) is 9.05. The van der Waals surface area contributed by atoms with Gasteiger partial charge in [-0.25, -0.2) is 0 Å². The molecule has 0 heterocycles. The van der Waals surface area contributed by atoms with Gasteiger partial charge in [-0.3, -0.25) is 9.36 Å². The van der Waals surface area contributed by atoms with Crippen LogP contribution in [0.15, 0.2) is 97.2 Å². The molecular weight excluding hydrogens is 924 g/mol. The van der Waals surface area contributed by atoms with Gasteiger partial charge in [0, 0.05) is 6.42 Å². The number of unbranched alkanes of at least 4 members (excludes halogenated alkanes) is 27. The number of nitrogens with zero attached hydrogens (tertiary/aromatic N) is 1. The first-order valence-corrected chi connectivity index (χ1v) is 31.6. The highest BCUT2D eigenvalue weighted by Crippen LogP contribution is 2.38. The highest BCUT2D eigenvalue weighted by Gasteiger charge is 2.23. The molecule has 0 aromatic rings. The van der Waals surface area contributed by atoms with Gasteiger partial charge in [-0.15, -0.1) is 0 Å². The normalized spacial score (nSPS) is 14.6. The molecule has 0 fully saturated rings. The molecule has 0 saturated carbocycles. The van der Waals surface area contributed by atoms with Gasteiger partial charge >= 0.3 is 0 Å². The Morgan fingerprint density at radius 2 is 0.849 bits per heavy atom. The van der Waals surface area contributed by atoms with Gasteiger partial charge in [0.15, 0.2) is 0 Å². The number of phosphoric ester groups is 1. The van der Waals surface area contributed by atoms with Gasteiger partial charge in [-0.2, -0.15) is 0 Å². The zero-order chi connectivity index (χ0) is 53.5.